The van der Waals surface area contributed by atoms with E-state index in [4.69, 9.17) is 24.3 Å². The predicted molar refractivity (Wildman–Crippen MR) is 297 cm³/mol. The first kappa shape index (κ1) is 66.2. The Labute approximate surface area is 427 Å². The minimum absolute atomic E-state index is 0.0408. The Kier molecular flexibility index (Phi) is 51.5. The summed E-state index contributed by atoms with van der Waals surface area (Å²) in [5, 5.41) is 0. The number of rotatable bonds is 49. The molecule has 0 radical (unpaired) electrons. The van der Waals surface area contributed by atoms with Gasteiger partial charge in [-0.15, -0.1) is 0 Å². The van der Waals surface area contributed by atoms with Gasteiger partial charge in [-0.25, -0.2) is 4.57 Å². The van der Waals surface area contributed by atoms with Crippen molar-refractivity contribution < 1.29 is 37.6 Å². The number of ether oxygens (including phenoxy) is 2. The van der Waals surface area contributed by atoms with Gasteiger partial charge in [-0.2, -0.15) is 0 Å². The molecule has 10 heteroatoms. The molecule has 0 heterocycles. The zero-order chi connectivity index (χ0) is 51.0. The van der Waals surface area contributed by atoms with Crippen molar-refractivity contribution in [2.75, 3.05) is 26.4 Å². The van der Waals surface area contributed by atoms with E-state index in [1.807, 2.05) is 0 Å². The average Bonchev–Trinajstić information content (AvgIpc) is 3.35. The lowest BCUT2D eigenvalue weighted by atomic mass is 10.1. The van der Waals surface area contributed by atoms with Gasteiger partial charge in [0.2, 0.25) is 0 Å². The van der Waals surface area contributed by atoms with Gasteiger partial charge in [-0.05, 0) is 116 Å². The number of phosphoric acid groups is 1. The molecule has 0 aliphatic carbocycles. The molecule has 0 aliphatic rings. The third-order valence-corrected chi connectivity index (χ3v) is 11.8. The maximum Gasteiger partial charge on any atom is 0.472 e. The summed E-state index contributed by atoms with van der Waals surface area (Å²) in [7, 11) is -4.40. The van der Waals surface area contributed by atoms with Crippen LogP contribution in [0.2, 0.25) is 0 Å². The minimum atomic E-state index is -4.40. The van der Waals surface area contributed by atoms with Gasteiger partial charge < -0.3 is 20.1 Å². The molecule has 0 aromatic rings. The van der Waals surface area contributed by atoms with E-state index in [1.54, 1.807) is 0 Å². The summed E-state index contributed by atoms with van der Waals surface area (Å²) in [6, 6.07) is 0. The zero-order valence-corrected chi connectivity index (χ0v) is 44.8. The molecule has 0 saturated heterocycles. The number of unbranched alkanes of at least 4 members (excludes halogenated alkanes) is 14. The molecule has 0 bridgehead atoms. The minimum Gasteiger partial charge on any atom is -0.462 e. The van der Waals surface area contributed by atoms with E-state index >= 15 is 0 Å². The predicted octanol–water partition coefficient (Wildman–Crippen LogP) is 17.0. The van der Waals surface area contributed by atoms with Gasteiger partial charge in [0.25, 0.3) is 0 Å². The Morgan fingerprint density at radius 2 is 0.786 bits per heavy atom. The average molecular weight is 992 g/mol. The molecule has 0 amide bonds. The highest BCUT2D eigenvalue weighted by molar-refractivity contribution is 7.47. The van der Waals surface area contributed by atoms with E-state index < -0.39 is 32.5 Å². The Balaban J connectivity index is 4.11. The summed E-state index contributed by atoms with van der Waals surface area (Å²) >= 11 is 0. The van der Waals surface area contributed by atoms with E-state index in [2.05, 4.69) is 148 Å². The van der Waals surface area contributed by atoms with Crippen LogP contribution in [0.15, 0.2) is 134 Å². The van der Waals surface area contributed by atoms with Gasteiger partial charge >= 0.3 is 19.8 Å². The topological polar surface area (TPSA) is 134 Å². The van der Waals surface area contributed by atoms with Crippen molar-refractivity contribution >= 4 is 19.8 Å². The zero-order valence-electron chi connectivity index (χ0n) is 43.9. The molecule has 70 heavy (non-hydrogen) atoms. The maximum absolute atomic E-state index is 12.7. The van der Waals surface area contributed by atoms with Crippen LogP contribution in [0.5, 0.6) is 0 Å². The van der Waals surface area contributed by atoms with Crippen LogP contribution in [0, 0.1) is 0 Å². The SMILES string of the molecule is CC/C=C\C/C=C\C/C=C\C/C=C\C/C=C\C/C=C\C/C=C\C/C=C\C/C=C\C/C=C\CCCCCCC(=O)OC(COC(=O)CCCCCCC/C=C\CCCCCCC)COP(=O)(O)OCCN. The Morgan fingerprint density at radius 1 is 0.443 bits per heavy atom. The summed E-state index contributed by atoms with van der Waals surface area (Å²) in [6.07, 6.45) is 76.4. The molecular weight excluding hydrogens is 894 g/mol. The van der Waals surface area contributed by atoms with Crippen LogP contribution in [0.3, 0.4) is 0 Å². The summed E-state index contributed by atoms with van der Waals surface area (Å²) < 4.78 is 32.9. The maximum atomic E-state index is 12.7. The summed E-state index contributed by atoms with van der Waals surface area (Å²) in [5.74, 6) is -0.878. The molecule has 0 aromatic heterocycles. The number of allylic oxidation sites excluding steroid dienone is 22. The first-order valence-electron chi connectivity index (χ1n) is 27.2. The van der Waals surface area contributed by atoms with E-state index in [0.717, 1.165) is 122 Å². The molecule has 2 atom stereocenters. The fourth-order valence-corrected chi connectivity index (χ4v) is 7.54. The van der Waals surface area contributed by atoms with Crippen LogP contribution >= 0.6 is 7.82 Å². The van der Waals surface area contributed by atoms with Gasteiger partial charge in [0.15, 0.2) is 6.10 Å². The summed E-state index contributed by atoms with van der Waals surface area (Å²) in [6.45, 7) is 3.55. The molecule has 0 spiro atoms. The van der Waals surface area contributed by atoms with Crippen molar-refractivity contribution in [2.24, 2.45) is 5.73 Å². The van der Waals surface area contributed by atoms with Crippen LogP contribution in [-0.4, -0.2) is 49.3 Å². The number of carbonyl (C=O) groups is 2. The van der Waals surface area contributed by atoms with Crippen LogP contribution in [0.4, 0.5) is 0 Å². The first-order valence-corrected chi connectivity index (χ1v) is 28.7. The number of carbonyl (C=O) groups excluding carboxylic acids is 2. The smallest absolute Gasteiger partial charge is 0.462 e. The Bertz CT molecular complexity index is 1600. The van der Waals surface area contributed by atoms with Crippen molar-refractivity contribution in [2.45, 2.75) is 206 Å². The molecule has 0 fully saturated rings. The number of nitrogens with two attached hydrogens (primary N) is 1. The molecule has 2 unspecified atom stereocenters. The fourth-order valence-electron chi connectivity index (χ4n) is 6.77. The van der Waals surface area contributed by atoms with Gasteiger partial charge in [0.05, 0.1) is 13.2 Å². The highest BCUT2D eigenvalue weighted by atomic mass is 31.2. The first-order chi connectivity index (χ1) is 34.3. The molecule has 0 saturated carbocycles. The third-order valence-electron chi connectivity index (χ3n) is 10.8. The van der Waals surface area contributed by atoms with Crippen molar-refractivity contribution in [3.05, 3.63) is 134 Å². The molecule has 9 nitrogen and oxygen atoms in total. The molecule has 0 aliphatic heterocycles. The van der Waals surface area contributed by atoms with E-state index in [0.29, 0.717) is 12.8 Å². The second kappa shape index (κ2) is 54.5. The van der Waals surface area contributed by atoms with Crippen molar-refractivity contribution in [3.8, 4) is 0 Å². The van der Waals surface area contributed by atoms with Crippen molar-refractivity contribution in [1.82, 2.24) is 0 Å². The van der Waals surface area contributed by atoms with Crippen molar-refractivity contribution in [3.63, 3.8) is 0 Å². The van der Waals surface area contributed by atoms with Crippen molar-refractivity contribution in [1.29, 1.82) is 0 Å². The van der Waals surface area contributed by atoms with Gasteiger partial charge in [-0.3, -0.25) is 18.6 Å². The fraction of sp³-hybridized carbons (Fsp3) is 0.600. The normalized spacial score (nSPS) is 14.2. The standard InChI is InChI=1S/C60H98NO8P/c1-3-5-7-9-11-13-15-17-19-20-21-22-23-24-25-26-27-28-29-30-31-32-33-34-35-36-37-38-39-41-43-45-47-49-51-53-60(63)69-58(57-68-70(64,65)67-55-54-61)56-66-59(62)52-50-48-46-44-42-40-18-16-14-12-10-8-6-4-2/h5,7,11,13,16-19,21-22,24-25,27-28,30-31,33-34,36-37,39,41,58H,3-4,6,8-10,12,14-15,20,23,26,29,32,35,38,40,42-57,61H2,1-2H3,(H,64,65)/b7-5-,13-11-,18-16-,19-17-,22-21-,25-24-,28-27-,31-30-,34-33-,37-36-,41-39-. The summed E-state index contributed by atoms with van der Waals surface area (Å²) in [4.78, 5) is 35.0. The molecular formula is C60H98NO8P. The highest BCUT2D eigenvalue weighted by Crippen LogP contribution is 2.43. The van der Waals surface area contributed by atoms with Crippen LogP contribution in [-0.2, 0) is 32.7 Å². The second-order valence-corrected chi connectivity index (χ2v) is 18.8. The highest BCUT2D eigenvalue weighted by Gasteiger charge is 2.26. The lowest BCUT2D eigenvalue weighted by Gasteiger charge is -2.19. The molecule has 0 rings (SSSR count). The van der Waals surface area contributed by atoms with E-state index in [9.17, 15) is 19.0 Å². The van der Waals surface area contributed by atoms with E-state index in [1.165, 1.54) is 38.5 Å². The lowest BCUT2D eigenvalue weighted by Crippen LogP contribution is -2.29. The third kappa shape index (κ3) is 53.5. The number of hydrogen-bond donors (Lipinski definition) is 2. The number of esters is 2. The van der Waals surface area contributed by atoms with Crippen LogP contribution < -0.4 is 5.73 Å². The lowest BCUT2D eigenvalue weighted by molar-refractivity contribution is -0.161. The van der Waals surface area contributed by atoms with Gasteiger partial charge in [-0.1, -0.05) is 205 Å². The van der Waals surface area contributed by atoms with Gasteiger partial charge in [0, 0.05) is 19.4 Å². The number of hydrogen-bond acceptors (Lipinski definition) is 8. The Hall–Kier alpha value is -3.85. The Morgan fingerprint density at radius 3 is 1.19 bits per heavy atom. The monoisotopic (exact) mass is 992 g/mol. The van der Waals surface area contributed by atoms with E-state index in [-0.39, 0.29) is 32.6 Å². The molecule has 3 N–H and O–H groups in total. The quantitative estimate of drug-likeness (QED) is 0.0264. The largest absolute Gasteiger partial charge is 0.472 e. The molecule has 396 valence electrons. The van der Waals surface area contributed by atoms with Gasteiger partial charge in [0.1, 0.15) is 6.61 Å². The second-order valence-electron chi connectivity index (χ2n) is 17.4. The number of phosphoric ester groups is 1. The molecule has 0 aromatic carbocycles. The van der Waals surface area contributed by atoms with Crippen LogP contribution in [0.25, 0.3) is 0 Å². The summed E-state index contributed by atoms with van der Waals surface area (Å²) in [5.41, 5.74) is 5.36. The van der Waals surface area contributed by atoms with Crippen LogP contribution in [0.1, 0.15) is 200 Å².